The predicted octanol–water partition coefficient (Wildman–Crippen LogP) is 0.652. The Morgan fingerprint density at radius 3 is 2.79 bits per heavy atom. The molecule has 5 nitrogen and oxygen atoms in total. The van der Waals surface area contributed by atoms with Crippen LogP contribution in [0.2, 0.25) is 0 Å². The quantitative estimate of drug-likeness (QED) is 0.244. The van der Waals surface area contributed by atoms with Gasteiger partial charge < -0.3 is 16.3 Å². The van der Waals surface area contributed by atoms with Gasteiger partial charge in [0.05, 0.1) is 11.4 Å². The van der Waals surface area contributed by atoms with E-state index < -0.39 is 5.97 Å². The number of nitrogen functional groups attached to an aromatic ring is 2. The molecule has 0 aliphatic rings. The van der Waals surface area contributed by atoms with E-state index in [1.54, 1.807) is 18.2 Å². The summed E-state index contributed by atoms with van der Waals surface area (Å²) in [5, 5.41) is 8.42. The number of carboxylic acids is 1. The Hall–Kier alpha value is -2.01. The predicted molar refractivity (Wildman–Crippen MR) is 55.3 cm³/mol. The summed E-state index contributed by atoms with van der Waals surface area (Å²) in [6.45, 7) is 0. The minimum Gasteiger partial charge on any atom is -0.478 e. The summed E-state index contributed by atoms with van der Waals surface area (Å²) in [4.78, 5) is 10.3. The number of carbonyl (C=O) groups is 1. The van der Waals surface area contributed by atoms with Gasteiger partial charge in [-0.1, -0.05) is 12.1 Å². The van der Waals surface area contributed by atoms with Gasteiger partial charge in [-0.2, -0.15) is 0 Å². The molecule has 0 radical (unpaired) electrons. The maximum absolute atomic E-state index is 10.3. The number of benzene rings is 1. The molecule has 5 heteroatoms. The van der Waals surface area contributed by atoms with Crippen molar-refractivity contribution >= 4 is 23.4 Å². The molecule has 0 amide bonds. The van der Waals surface area contributed by atoms with Crippen LogP contribution in [0, 0.1) is 0 Å². The van der Waals surface area contributed by atoms with E-state index in [0.717, 1.165) is 6.08 Å². The topological polar surface area (TPSA) is 101 Å². The normalized spacial score (nSPS) is 10.4. The monoisotopic (exact) mass is 193 g/mol. The summed E-state index contributed by atoms with van der Waals surface area (Å²) in [7, 11) is 0. The highest BCUT2D eigenvalue weighted by molar-refractivity contribution is 5.88. The molecule has 6 N–H and O–H groups in total. The lowest BCUT2D eigenvalue weighted by Crippen LogP contribution is -2.09. The second-order valence-electron chi connectivity index (χ2n) is 2.62. The van der Waals surface area contributed by atoms with Gasteiger partial charge in [-0.3, -0.25) is 5.84 Å². The Morgan fingerprint density at radius 2 is 2.21 bits per heavy atom. The number of nitrogens with two attached hydrogens (primary N) is 2. The van der Waals surface area contributed by atoms with Crippen LogP contribution in [0.5, 0.6) is 0 Å². The van der Waals surface area contributed by atoms with Crippen molar-refractivity contribution < 1.29 is 9.90 Å². The molecule has 0 atom stereocenters. The lowest BCUT2D eigenvalue weighted by atomic mass is 10.1. The average molecular weight is 193 g/mol. The highest BCUT2D eigenvalue weighted by atomic mass is 16.4. The van der Waals surface area contributed by atoms with E-state index in [2.05, 4.69) is 5.43 Å². The number of hydrazine groups is 1. The van der Waals surface area contributed by atoms with Gasteiger partial charge in [-0.25, -0.2) is 4.79 Å². The molecule has 74 valence electrons. The van der Waals surface area contributed by atoms with Crippen LogP contribution in [0.1, 0.15) is 5.56 Å². The largest absolute Gasteiger partial charge is 0.478 e. The van der Waals surface area contributed by atoms with Crippen molar-refractivity contribution in [2.24, 2.45) is 5.84 Å². The van der Waals surface area contributed by atoms with Gasteiger partial charge in [0.25, 0.3) is 0 Å². The summed E-state index contributed by atoms with van der Waals surface area (Å²) in [5.74, 6) is 4.19. The molecule has 1 aromatic rings. The molecule has 0 saturated heterocycles. The minimum absolute atomic E-state index is 0.424. The summed E-state index contributed by atoms with van der Waals surface area (Å²) in [6, 6.07) is 5.14. The third-order valence-corrected chi connectivity index (χ3v) is 1.70. The first-order valence-electron chi connectivity index (χ1n) is 3.91. The Labute approximate surface area is 81.0 Å². The van der Waals surface area contributed by atoms with Crippen LogP contribution in [0.15, 0.2) is 24.3 Å². The maximum Gasteiger partial charge on any atom is 0.328 e. The molecule has 0 saturated carbocycles. The van der Waals surface area contributed by atoms with Crippen LogP contribution < -0.4 is 17.0 Å². The zero-order valence-corrected chi connectivity index (χ0v) is 7.40. The molecule has 1 rings (SSSR count). The van der Waals surface area contributed by atoms with E-state index in [-0.39, 0.29) is 0 Å². The number of nitrogens with one attached hydrogen (secondary N) is 1. The minimum atomic E-state index is -1.02. The van der Waals surface area contributed by atoms with Crippen molar-refractivity contribution in [1.82, 2.24) is 0 Å². The van der Waals surface area contributed by atoms with E-state index in [1.807, 2.05) is 0 Å². The molecule has 0 bridgehead atoms. The summed E-state index contributed by atoms with van der Waals surface area (Å²) >= 11 is 0. The molecule has 0 spiro atoms. The second-order valence-corrected chi connectivity index (χ2v) is 2.62. The zero-order valence-electron chi connectivity index (χ0n) is 7.40. The number of hydrogen-bond acceptors (Lipinski definition) is 4. The molecular weight excluding hydrogens is 182 g/mol. The third-order valence-electron chi connectivity index (χ3n) is 1.70. The summed E-state index contributed by atoms with van der Waals surface area (Å²) in [5.41, 5.74) is 9.71. The fraction of sp³-hybridized carbons (Fsp3) is 0. The highest BCUT2D eigenvalue weighted by Gasteiger charge is 2.00. The van der Waals surface area contributed by atoms with Crippen molar-refractivity contribution in [3.8, 4) is 0 Å². The number of hydrogen-bond donors (Lipinski definition) is 4. The van der Waals surface area contributed by atoms with Crippen molar-refractivity contribution in [3.05, 3.63) is 29.8 Å². The highest BCUT2D eigenvalue weighted by Crippen LogP contribution is 2.22. The number of rotatable bonds is 3. The molecule has 0 aromatic heterocycles. The van der Waals surface area contributed by atoms with Crippen molar-refractivity contribution in [2.45, 2.75) is 0 Å². The van der Waals surface area contributed by atoms with Gasteiger partial charge in [0, 0.05) is 6.08 Å². The van der Waals surface area contributed by atoms with Gasteiger partial charge in [0.2, 0.25) is 0 Å². The van der Waals surface area contributed by atoms with E-state index in [0.29, 0.717) is 16.9 Å². The lowest BCUT2D eigenvalue weighted by Gasteiger charge is -2.06. The summed E-state index contributed by atoms with van der Waals surface area (Å²) in [6.07, 6.45) is 2.44. The van der Waals surface area contributed by atoms with Crippen LogP contribution in [0.25, 0.3) is 6.08 Å². The maximum atomic E-state index is 10.3. The molecule has 14 heavy (non-hydrogen) atoms. The van der Waals surface area contributed by atoms with Crippen LogP contribution in [0.4, 0.5) is 11.4 Å². The molecule has 1 aromatic carbocycles. The fourth-order valence-electron chi connectivity index (χ4n) is 1.02. The first kappa shape index (κ1) is 10.1. The van der Waals surface area contributed by atoms with Gasteiger partial charge in [-0.05, 0) is 17.7 Å². The number of para-hydroxylation sites is 1. The number of aliphatic carboxylic acids is 1. The Kier molecular flexibility index (Phi) is 3.09. The van der Waals surface area contributed by atoms with Gasteiger partial charge in [0.15, 0.2) is 0 Å². The second kappa shape index (κ2) is 4.29. The van der Waals surface area contributed by atoms with Crippen LogP contribution >= 0.6 is 0 Å². The van der Waals surface area contributed by atoms with E-state index >= 15 is 0 Å². The van der Waals surface area contributed by atoms with E-state index in [1.165, 1.54) is 6.08 Å². The zero-order chi connectivity index (χ0) is 10.6. The first-order chi connectivity index (χ1) is 6.65. The van der Waals surface area contributed by atoms with Crippen LogP contribution in [-0.2, 0) is 4.79 Å². The Bertz CT molecular complexity index is 374. The Balaban J connectivity index is 3.03. The first-order valence-corrected chi connectivity index (χ1v) is 3.91. The molecule has 0 heterocycles. The van der Waals surface area contributed by atoms with Crippen molar-refractivity contribution in [1.29, 1.82) is 0 Å². The van der Waals surface area contributed by atoms with Gasteiger partial charge in [-0.15, -0.1) is 0 Å². The van der Waals surface area contributed by atoms with Crippen LogP contribution in [0.3, 0.4) is 0 Å². The molecule has 0 aliphatic heterocycles. The lowest BCUT2D eigenvalue weighted by molar-refractivity contribution is -0.131. The van der Waals surface area contributed by atoms with Crippen LogP contribution in [-0.4, -0.2) is 11.1 Å². The van der Waals surface area contributed by atoms with E-state index in [4.69, 9.17) is 16.7 Å². The molecule has 0 fully saturated rings. The number of anilines is 2. The third kappa shape index (κ3) is 2.24. The van der Waals surface area contributed by atoms with E-state index in [9.17, 15) is 4.79 Å². The van der Waals surface area contributed by atoms with Gasteiger partial charge >= 0.3 is 5.97 Å². The SMILES string of the molecule is NNc1cccc(/C=C/C(=O)O)c1N. The fourth-order valence-corrected chi connectivity index (χ4v) is 1.02. The average Bonchev–Trinajstić information content (AvgIpc) is 2.16. The van der Waals surface area contributed by atoms with Crippen molar-refractivity contribution in [3.63, 3.8) is 0 Å². The molecule has 0 aliphatic carbocycles. The molecule has 0 unspecified atom stereocenters. The molecular formula is C9H11N3O2. The summed E-state index contributed by atoms with van der Waals surface area (Å²) < 4.78 is 0. The number of carboxylic acid groups (broad SMARTS) is 1. The van der Waals surface area contributed by atoms with Gasteiger partial charge in [0.1, 0.15) is 0 Å². The van der Waals surface area contributed by atoms with Crippen molar-refractivity contribution in [2.75, 3.05) is 11.2 Å². The standard InChI is InChI=1S/C9H11N3O2/c10-9-6(4-5-8(13)14)2-1-3-7(9)12-11/h1-5,12H,10-11H2,(H,13,14)/b5-4+. The Morgan fingerprint density at radius 1 is 1.50 bits per heavy atom. The smallest absolute Gasteiger partial charge is 0.328 e.